The van der Waals surface area contributed by atoms with Crippen LogP contribution in [0.15, 0.2) is 54.6 Å². The number of carbonyl (C=O) groups is 2. The lowest BCUT2D eigenvalue weighted by Gasteiger charge is -2.20. The molecule has 1 saturated heterocycles. The van der Waals surface area contributed by atoms with E-state index in [0.29, 0.717) is 16.7 Å². The summed E-state index contributed by atoms with van der Waals surface area (Å²) in [5, 5.41) is 0. The second-order valence-electron chi connectivity index (χ2n) is 5.75. The van der Waals surface area contributed by atoms with Crippen LogP contribution in [0.1, 0.15) is 27.4 Å². The van der Waals surface area contributed by atoms with Gasteiger partial charge in [0.05, 0.1) is 10.1 Å². The van der Waals surface area contributed by atoms with Crippen LogP contribution in [0, 0.1) is 0 Å². The second kappa shape index (κ2) is 9.14. The zero-order chi connectivity index (χ0) is 18.4. The van der Waals surface area contributed by atoms with E-state index in [0.717, 1.165) is 17.2 Å². The van der Waals surface area contributed by atoms with Crippen LogP contribution in [0.5, 0.6) is 0 Å². The molecule has 0 unspecified atom stereocenters. The molecule has 3 rings (SSSR count). The Labute approximate surface area is 162 Å². The lowest BCUT2D eigenvalue weighted by molar-refractivity contribution is -0.121. The molecule has 2 aromatic carbocycles. The zero-order valence-corrected chi connectivity index (χ0v) is 16.2. The number of amides is 1. The summed E-state index contributed by atoms with van der Waals surface area (Å²) in [6, 6.07) is 16.9. The fraction of sp³-hybridized carbons (Fsp3) is 0.300. The highest BCUT2D eigenvalue weighted by molar-refractivity contribution is 8.19. The van der Waals surface area contributed by atoms with E-state index < -0.39 is 5.97 Å². The van der Waals surface area contributed by atoms with Crippen LogP contribution in [-0.4, -0.2) is 36.5 Å². The molecule has 0 N–H and O–H groups in total. The van der Waals surface area contributed by atoms with E-state index in [4.69, 9.17) is 4.74 Å². The third-order valence-corrected chi connectivity index (χ3v) is 7.16. The van der Waals surface area contributed by atoms with Gasteiger partial charge in [0.1, 0.15) is 0 Å². The van der Waals surface area contributed by atoms with E-state index >= 15 is 0 Å². The Morgan fingerprint density at radius 1 is 1.04 bits per heavy atom. The smallest absolute Gasteiger partial charge is 0.338 e. The van der Waals surface area contributed by atoms with Crippen molar-refractivity contribution in [2.24, 2.45) is 0 Å². The molecule has 136 valence electrons. The van der Waals surface area contributed by atoms with E-state index in [1.165, 1.54) is 5.56 Å². The van der Waals surface area contributed by atoms with E-state index in [1.807, 2.05) is 72.9 Å². The van der Waals surface area contributed by atoms with Crippen molar-refractivity contribution in [3.8, 4) is 0 Å². The lowest BCUT2D eigenvalue weighted by atomic mass is 10.1. The first-order valence-electron chi connectivity index (χ1n) is 8.54. The maximum atomic E-state index is 12.4. The molecule has 0 atom stereocenters. The summed E-state index contributed by atoms with van der Waals surface area (Å²) in [6.45, 7) is 2.15. The first-order chi connectivity index (χ1) is 12.7. The van der Waals surface area contributed by atoms with Crippen molar-refractivity contribution >= 4 is 41.1 Å². The fourth-order valence-electron chi connectivity index (χ4n) is 2.73. The minimum Gasteiger partial charge on any atom is -0.452 e. The van der Waals surface area contributed by atoms with Gasteiger partial charge < -0.3 is 9.64 Å². The quantitative estimate of drug-likeness (QED) is 0.689. The van der Waals surface area contributed by atoms with E-state index in [9.17, 15) is 9.59 Å². The van der Waals surface area contributed by atoms with Crippen molar-refractivity contribution in [1.29, 1.82) is 0 Å². The number of anilines is 1. The van der Waals surface area contributed by atoms with Gasteiger partial charge in [-0.3, -0.25) is 4.79 Å². The summed E-state index contributed by atoms with van der Waals surface area (Å²) in [5.74, 6) is 1.62. The average molecular weight is 388 g/mol. The van der Waals surface area contributed by atoms with E-state index in [1.54, 1.807) is 17.0 Å². The topological polar surface area (TPSA) is 46.6 Å². The van der Waals surface area contributed by atoms with Gasteiger partial charge in [-0.05, 0) is 36.8 Å². The molecule has 4 nitrogen and oxygen atoms in total. The highest BCUT2D eigenvalue weighted by Gasteiger charge is 2.19. The molecule has 1 aliphatic rings. The predicted octanol–water partition coefficient (Wildman–Crippen LogP) is 4.38. The average Bonchev–Trinajstić information content (AvgIpc) is 3.22. The van der Waals surface area contributed by atoms with Crippen LogP contribution >= 0.6 is 23.5 Å². The van der Waals surface area contributed by atoms with Gasteiger partial charge in [0.25, 0.3) is 5.91 Å². The molecular weight excluding hydrogens is 366 g/mol. The van der Waals surface area contributed by atoms with Crippen molar-refractivity contribution in [3.63, 3.8) is 0 Å². The number of carbonyl (C=O) groups excluding carboxylic acids is 2. The molecule has 6 heteroatoms. The van der Waals surface area contributed by atoms with Gasteiger partial charge in [0.2, 0.25) is 0 Å². The molecule has 1 aliphatic heterocycles. The van der Waals surface area contributed by atoms with Crippen LogP contribution in [0.2, 0.25) is 0 Å². The summed E-state index contributed by atoms with van der Waals surface area (Å²) in [6.07, 6.45) is 0. The summed E-state index contributed by atoms with van der Waals surface area (Å²) in [4.78, 5) is 26.2. The van der Waals surface area contributed by atoms with Gasteiger partial charge in [-0.1, -0.05) is 30.3 Å². The number of nitrogens with zero attached hydrogens (tertiary/aromatic N) is 1. The van der Waals surface area contributed by atoms with Crippen molar-refractivity contribution in [2.75, 3.05) is 29.6 Å². The van der Waals surface area contributed by atoms with Gasteiger partial charge in [-0.2, -0.15) is 0 Å². The molecule has 0 bridgehead atoms. The van der Waals surface area contributed by atoms with Crippen LogP contribution in [0.3, 0.4) is 0 Å². The molecule has 1 heterocycles. The number of hydrogen-bond acceptors (Lipinski definition) is 5. The first-order valence-corrected chi connectivity index (χ1v) is 10.6. The van der Waals surface area contributed by atoms with Crippen LogP contribution in [-0.2, 0) is 9.53 Å². The number of hydrogen-bond donors (Lipinski definition) is 0. The van der Waals surface area contributed by atoms with Crippen molar-refractivity contribution < 1.29 is 14.3 Å². The first kappa shape index (κ1) is 18.9. The van der Waals surface area contributed by atoms with Crippen LogP contribution in [0.25, 0.3) is 0 Å². The van der Waals surface area contributed by atoms with Crippen molar-refractivity contribution in [2.45, 2.75) is 11.5 Å². The molecule has 26 heavy (non-hydrogen) atoms. The Morgan fingerprint density at radius 3 is 2.31 bits per heavy atom. The molecule has 2 aromatic rings. The molecule has 1 fully saturated rings. The standard InChI is InChI=1S/C20H21NO3S2/c1-2-21(17-6-4-3-5-7-17)18(22)14-24-19(23)15-8-10-16(11-9-15)20-25-12-13-26-20/h3-11,20H,2,12-14H2,1H3. The number of benzene rings is 2. The molecule has 1 amide bonds. The molecule has 0 aliphatic carbocycles. The highest BCUT2D eigenvalue weighted by Crippen LogP contribution is 2.45. The number of likely N-dealkylation sites (N-methyl/N-ethyl adjacent to an activating group) is 1. The maximum absolute atomic E-state index is 12.4. The molecule has 0 aromatic heterocycles. The Balaban J connectivity index is 1.56. The minimum absolute atomic E-state index is 0.234. The van der Waals surface area contributed by atoms with Crippen LogP contribution in [0.4, 0.5) is 5.69 Å². The normalized spacial score (nSPS) is 14.2. The van der Waals surface area contributed by atoms with Gasteiger partial charge in [0, 0.05) is 23.7 Å². The van der Waals surface area contributed by atoms with Gasteiger partial charge in [-0.25, -0.2) is 4.79 Å². The Morgan fingerprint density at radius 2 is 1.69 bits per heavy atom. The predicted molar refractivity (Wildman–Crippen MR) is 109 cm³/mol. The number of para-hydroxylation sites is 1. The lowest BCUT2D eigenvalue weighted by Crippen LogP contribution is -2.34. The van der Waals surface area contributed by atoms with E-state index in [2.05, 4.69) is 0 Å². The van der Waals surface area contributed by atoms with Crippen molar-refractivity contribution in [1.82, 2.24) is 0 Å². The van der Waals surface area contributed by atoms with Gasteiger partial charge in [-0.15, -0.1) is 23.5 Å². The number of thioether (sulfide) groups is 2. The largest absolute Gasteiger partial charge is 0.452 e. The fourth-order valence-corrected chi connectivity index (χ4v) is 5.59. The van der Waals surface area contributed by atoms with Crippen molar-refractivity contribution in [3.05, 3.63) is 65.7 Å². The summed E-state index contributed by atoms with van der Waals surface area (Å²) in [7, 11) is 0. The molecule has 0 spiro atoms. The molecule has 0 saturated carbocycles. The number of rotatable bonds is 6. The second-order valence-corrected chi connectivity index (χ2v) is 8.47. The highest BCUT2D eigenvalue weighted by atomic mass is 32.2. The Kier molecular flexibility index (Phi) is 6.63. The van der Waals surface area contributed by atoms with Gasteiger partial charge >= 0.3 is 5.97 Å². The molecular formula is C20H21NO3S2. The zero-order valence-electron chi connectivity index (χ0n) is 14.6. The Hall–Kier alpha value is -1.92. The number of ether oxygens (including phenoxy) is 1. The SMILES string of the molecule is CCN(C(=O)COC(=O)c1ccc(C2SCCS2)cc1)c1ccccc1. The number of esters is 1. The third-order valence-electron chi connectivity index (χ3n) is 4.05. The van der Waals surface area contributed by atoms with E-state index in [-0.39, 0.29) is 12.5 Å². The summed E-state index contributed by atoms with van der Waals surface area (Å²) < 4.78 is 5.67. The van der Waals surface area contributed by atoms with Gasteiger partial charge in [0.15, 0.2) is 6.61 Å². The molecule has 0 radical (unpaired) electrons. The van der Waals surface area contributed by atoms with Crippen LogP contribution < -0.4 is 4.90 Å². The summed E-state index contributed by atoms with van der Waals surface area (Å²) in [5.41, 5.74) is 2.48. The minimum atomic E-state index is -0.472. The third kappa shape index (κ3) is 4.62. The monoisotopic (exact) mass is 387 g/mol. The summed E-state index contributed by atoms with van der Waals surface area (Å²) >= 11 is 3.85. The maximum Gasteiger partial charge on any atom is 0.338 e. The Bertz CT molecular complexity index is 743.